The van der Waals surface area contributed by atoms with Gasteiger partial charge >= 0.3 is 0 Å². The summed E-state index contributed by atoms with van der Waals surface area (Å²) in [6.45, 7) is 0.885. The SMILES string of the molecule is Brc1ccc2ccn(Cc3cncn3C3CC3)c2c1. The molecule has 1 aliphatic rings. The summed E-state index contributed by atoms with van der Waals surface area (Å²) in [5.41, 5.74) is 2.55. The molecule has 2 heterocycles. The van der Waals surface area contributed by atoms with Gasteiger partial charge in [-0.15, -0.1) is 0 Å². The minimum Gasteiger partial charge on any atom is -0.341 e. The minimum absolute atomic E-state index is 0.686. The quantitative estimate of drug-likeness (QED) is 0.716. The Morgan fingerprint density at radius 3 is 3.00 bits per heavy atom. The highest BCUT2D eigenvalue weighted by atomic mass is 79.9. The van der Waals surface area contributed by atoms with E-state index in [0.717, 1.165) is 11.0 Å². The summed E-state index contributed by atoms with van der Waals surface area (Å²) in [6.07, 6.45) is 8.70. The Morgan fingerprint density at radius 1 is 1.26 bits per heavy atom. The van der Waals surface area contributed by atoms with Crippen molar-refractivity contribution in [2.75, 3.05) is 0 Å². The molecule has 3 aromatic rings. The lowest BCUT2D eigenvalue weighted by Crippen LogP contribution is -2.04. The largest absolute Gasteiger partial charge is 0.341 e. The smallest absolute Gasteiger partial charge is 0.0951 e. The maximum Gasteiger partial charge on any atom is 0.0951 e. The summed E-state index contributed by atoms with van der Waals surface area (Å²) in [5.74, 6) is 0. The molecule has 0 spiro atoms. The lowest BCUT2D eigenvalue weighted by Gasteiger charge is -2.09. The fourth-order valence-electron chi connectivity index (χ4n) is 2.61. The van der Waals surface area contributed by atoms with E-state index in [2.05, 4.69) is 60.5 Å². The molecule has 1 fully saturated rings. The molecule has 1 saturated carbocycles. The lowest BCUT2D eigenvalue weighted by molar-refractivity contribution is 0.665. The van der Waals surface area contributed by atoms with Crippen LogP contribution in [-0.2, 0) is 6.54 Å². The first-order chi connectivity index (χ1) is 9.31. The number of nitrogens with zero attached hydrogens (tertiary/aromatic N) is 3. The van der Waals surface area contributed by atoms with Crippen molar-refractivity contribution in [3.05, 3.63) is 53.2 Å². The topological polar surface area (TPSA) is 22.8 Å². The molecule has 2 aromatic heterocycles. The molecule has 0 bridgehead atoms. The van der Waals surface area contributed by atoms with Crippen LogP contribution in [0.15, 0.2) is 47.5 Å². The third-order valence-corrected chi connectivity index (χ3v) is 4.25. The van der Waals surface area contributed by atoms with E-state index in [0.29, 0.717) is 6.04 Å². The Bertz CT molecular complexity index is 737. The van der Waals surface area contributed by atoms with Crippen LogP contribution in [0.2, 0.25) is 0 Å². The minimum atomic E-state index is 0.686. The maximum absolute atomic E-state index is 4.30. The van der Waals surface area contributed by atoms with Gasteiger partial charge in [-0.2, -0.15) is 0 Å². The molecule has 0 aliphatic heterocycles. The second-order valence-electron chi connectivity index (χ2n) is 5.17. The summed E-state index contributed by atoms with van der Waals surface area (Å²) in [7, 11) is 0. The molecule has 1 aliphatic carbocycles. The predicted molar refractivity (Wildman–Crippen MR) is 79.2 cm³/mol. The zero-order valence-corrected chi connectivity index (χ0v) is 12.0. The molecule has 19 heavy (non-hydrogen) atoms. The zero-order chi connectivity index (χ0) is 12.8. The second-order valence-corrected chi connectivity index (χ2v) is 6.09. The van der Waals surface area contributed by atoms with Gasteiger partial charge in [0.05, 0.1) is 18.6 Å². The Labute approximate surface area is 120 Å². The molecule has 4 heteroatoms. The van der Waals surface area contributed by atoms with E-state index in [9.17, 15) is 0 Å². The van der Waals surface area contributed by atoms with Gasteiger partial charge in [-0.25, -0.2) is 4.98 Å². The molecule has 1 aromatic carbocycles. The van der Waals surface area contributed by atoms with Gasteiger partial charge in [-0.05, 0) is 36.4 Å². The third kappa shape index (κ3) is 2.00. The first-order valence-corrected chi connectivity index (χ1v) is 7.36. The van der Waals surface area contributed by atoms with Gasteiger partial charge < -0.3 is 9.13 Å². The molecule has 4 rings (SSSR count). The molecule has 0 amide bonds. The molecule has 0 radical (unpaired) electrons. The van der Waals surface area contributed by atoms with Crippen molar-refractivity contribution in [3.8, 4) is 0 Å². The molecule has 0 N–H and O–H groups in total. The van der Waals surface area contributed by atoms with Crippen molar-refractivity contribution >= 4 is 26.8 Å². The number of fused-ring (bicyclic) bond motifs is 1. The van der Waals surface area contributed by atoms with Crippen LogP contribution in [-0.4, -0.2) is 14.1 Å². The van der Waals surface area contributed by atoms with Gasteiger partial charge in [0.25, 0.3) is 0 Å². The first-order valence-electron chi connectivity index (χ1n) is 6.56. The van der Waals surface area contributed by atoms with E-state index >= 15 is 0 Å². The fourth-order valence-corrected chi connectivity index (χ4v) is 2.95. The van der Waals surface area contributed by atoms with E-state index in [1.807, 2.05) is 12.5 Å². The monoisotopic (exact) mass is 315 g/mol. The molecule has 0 atom stereocenters. The number of halogens is 1. The molecule has 3 nitrogen and oxygen atoms in total. The van der Waals surface area contributed by atoms with Crippen molar-refractivity contribution in [1.82, 2.24) is 14.1 Å². The fraction of sp³-hybridized carbons (Fsp3) is 0.267. The Hall–Kier alpha value is -1.55. The highest BCUT2D eigenvalue weighted by Crippen LogP contribution is 2.36. The summed E-state index contributed by atoms with van der Waals surface area (Å²) in [4.78, 5) is 4.30. The van der Waals surface area contributed by atoms with Crippen LogP contribution >= 0.6 is 15.9 Å². The number of imidazole rings is 1. The van der Waals surface area contributed by atoms with Gasteiger partial charge in [0, 0.05) is 28.4 Å². The number of hydrogen-bond acceptors (Lipinski definition) is 1. The van der Waals surface area contributed by atoms with Crippen LogP contribution in [0.1, 0.15) is 24.6 Å². The van der Waals surface area contributed by atoms with E-state index in [1.54, 1.807) is 0 Å². The molecular formula is C15H14BrN3. The average molecular weight is 316 g/mol. The molecule has 96 valence electrons. The number of benzene rings is 1. The summed E-state index contributed by atoms with van der Waals surface area (Å²) in [5, 5.41) is 1.28. The van der Waals surface area contributed by atoms with Gasteiger partial charge in [0.2, 0.25) is 0 Å². The van der Waals surface area contributed by atoms with Gasteiger partial charge in [0.15, 0.2) is 0 Å². The second kappa shape index (κ2) is 4.23. The van der Waals surface area contributed by atoms with Gasteiger partial charge in [-0.1, -0.05) is 22.0 Å². The summed E-state index contributed by atoms with van der Waals surface area (Å²) in [6, 6.07) is 9.26. The van der Waals surface area contributed by atoms with Gasteiger partial charge in [-0.3, -0.25) is 0 Å². The van der Waals surface area contributed by atoms with Crippen molar-refractivity contribution in [2.24, 2.45) is 0 Å². The summed E-state index contributed by atoms with van der Waals surface area (Å²) < 4.78 is 5.73. The number of aromatic nitrogens is 3. The van der Waals surface area contributed by atoms with Gasteiger partial charge in [0.1, 0.15) is 0 Å². The van der Waals surface area contributed by atoms with Crippen molar-refractivity contribution in [2.45, 2.75) is 25.4 Å². The average Bonchev–Trinajstić information content (AvgIpc) is 3.03. The van der Waals surface area contributed by atoms with Crippen LogP contribution < -0.4 is 0 Å². The Kier molecular flexibility index (Phi) is 2.52. The van der Waals surface area contributed by atoms with Crippen LogP contribution in [0.25, 0.3) is 10.9 Å². The molecule has 0 unspecified atom stereocenters. The highest BCUT2D eigenvalue weighted by molar-refractivity contribution is 9.10. The van der Waals surface area contributed by atoms with Crippen LogP contribution in [0.5, 0.6) is 0 Å². The summed E-state index contributed by atoms with van der Waals surface area (Å²) >= 11 is 3.55. The number of rotatable bonds is 3. The number of hydrogen-bond donors (Lipinski definition) is 0. The maximum atomic E-state index is 4.30. The Morgan fingerprint density at radius 2 is 2.16 bits per heavy atom. The van der Waals surface area contributed by atoms with Crippen LogP contribution in [0.4, 0.5) is 0 Å². The van der Waals surface area contributed by atoms with Crippen LogP contribution in [0, 0.1) is 0 Å². The van der Waals surface area contributed by atoms with Crippen molar-refractivity contribution < 1.29 is 0 Å². The van der Waals surface area contributed by atoms with Crippen LogP contribution in [0.3, 0.4) is 0 Å². The zero-order valence-electron chi connectivity index (χ0n) is 10.5. The lowest BCUT2D eigenvalue weighted by atomic mass is 10.2. The van der Waals surface area contributed by atoms with E-state index in [4.69, 9.17) is 0 Å². The standard InChI is InChI=1S/C15H14BrN3/c16-12-2-1-11-5-6-18(15(11)7-12)9-14-8-17-10-19(14)13-3-4-13/h1-2,5-8,10,13H,3-4,9H2. The predicted octanol–water partition coefficient (Wildman–Crippen LogP) is 3.98. The molecular weight excluding hydrogens is 302 g/mol. The van der Waals surface area contributed by atoms with E-state index in [-0.39, 0.29) is 0 Å². The molecule has 0 saturated heterocycles. The van der Waals surface area contributed by atoms with E-state index < -0.39 is 0 Å². The van der Waals surface area contributed by atoms with Crippen molar-refractivity contribution in [1.29, 1.82) is 0 Å². The van der Waals surface area contributed by atoms with E-state index in [1.165, 1.54) is 29.4 Å². The van der Waals surface area contributed by atoms with Crippen molar-refractivity contribution in [3.63, 3.8) is 0 Å². The first kappa shape index (κ1) is 11.3. The normalized spacial score (nSPS) is 15.2. The Balaban J connectivity index is 1.74. The third-order valence-electron chi connectivity index (χ3n) is 3.75. The highest BCUT2D eigenvalue weighted by Gasteiger charge is 2.25.